The van der Waals surface area contributed by atoms with E-state index in [0.29, 0.717) is 5.82 Å². The van der Waals surface area contributed by atoms with Gasteiger partial charge in [0.25, 0.3) is 0 Å². The second-order valence-electron chi connectivity index (χ2n) is 2.82. The minimum Gasteiger partial charge on any atom is -0.370 e. The van der Waals surface area contributed by atoms with E-state index < -0.39 is 12.8 Å². The summed E-state index contributed by atoms with van der Waals surface area (Å²) in [6.07, 6.45) is -1.53. The van der Waals surface area contributed by atoms with Crippen LogP contribution in [0.5, 0.6) is 0 Å². The fourth-order valence-corrected chi connectivity index (χ4v) is 1.01. The molecule has 4 nitrogen and oxygen atoms in total. The first-order valence-electron chi connectivity index (χ1n) is 4.33. The maximum Gasteiger partial charge on any atom is 0.411 e. The van der Waals surface area contributed by atoms with E-state index in [1.165, 1.54) is 12.4 Å². The van der Waals surface area contributed by atoms with E-state index in [-0.39, 0.29) is 18.3 Å². The number of hydrogen-bond donors (Lipinski definition) is 1. The molecule has 0 aliphatic carbocycles. The number of alkyl halides is 3. The summed E-state index contributed by atoms with van der Waals surface area (Å²) in [6.45, 7) is -1.13. The fourth-order valence-electron chi connectivity index (χ4n) is 0.867. The molecule has 0 spiro atoms. The van der Waals surface area contributed by atoms with Crippen molar-refractivity contribution in [1.82, 2.24) is 9.97 Å². The molecule has 0 aromatic carbocycles. The number of ether oxygens (including phenoxy) is 1. The van der Waals surface area contributed by atoms with Gasteiger partial charge < -0.3 is 10.1 Å². The molecule has 1 heterocycles. The van der Waals surface area contributed by atoms with Crippen LogP contribution < -0.4 is 5.32 Å². The Labute approximate surface area is 94.8 Å². The second-order valence-corrected chi connectivity index (χ2v) is 3.21. The molecule has 90 valence electrons. The summed E-state index contributed by atoms with van der Waals surface area (Å²) in [4.78, 5) is 7.58. The number of anilines is 1. The zero-order valence-corrected chi connectivity index (χ0v) is 8.85. The van der Waals surface area contributed by atoms with Crippen molar-refractivity contribution in [3.05, 3.63) is 17.5 Å². The van der Waals surface area contributed by atoms with Gasteiger partial charge in [0.1, 0.15) is 17.6 Å². The average molecular weight is 256 g/mol. The maximum absolute atomic E-state index is 11.7. The third-order valence-corrected chi connectivity index (χ3v) is 1.61. The summed E-state index contributed by atoms with van der Waals surface area (Å²) < 4.78 is 39.4. The molecule has 0 radical (unpaired) electrons. The first-order valence-corrected chi connectivity index (χ1v) is 4.71. The fraction of sp³-hybridized carbons (Fsp3) is 0.500. The van der Waals surface area contributed by atoms with Gasteiger partial charge >= 0.3 is 6.18 Å². The Kier molecular flexibility index (Phi) is 4.75. The van der Waals surface area contributed by atoms with Crippen LogP contribution in [-0.2, 0) is 4.74 Å². The van der Waals surface area contributed by atoms with Gasteiger partial charge in [0.05, 0.1) is 19.0 Å². The molecule has 0 atom stereocenters. The summed E-state index contributed by atoms with van der Waals surface area (Å²) >= 11 is 5.55. The van der Waals surface area contributed by atoms with Crippen LogP contribution in [0, 0.1) is 0 Å². The van der Waals surface area contributed by atoms with Gasteiger partial charge in [-0.15, -0.1) is 0 Å². The predicted octanol–water partition coefficient (Wildman–Crippen LogP) is 2.12. The molecule has 0 bridgehead atoms. The summed E-state index contributed by atoms with van der Waals surface area (Å²) in [5, 5.41) is 2.93. The molecule has 16 heavy (non-hydrogen) atoms. The minimum absolute atomic E-state index is 0.0757. The van der Waals surface area contributed by atoms with Crippen molar-refractivity contribution in [1.29, 1.82) is 0 Å². The highest BCUT2D eigenvalue weighted by Gasteiger charge is 2.27. The van der Waals surface area contributed by atoms with E-state index in [9.17, 15) is 13.2 Å². The Bertz CT molecular complexity index is 335. The largest absolute Gasteiger partial charge is 0.411 e. The van der Waals surface area contributed by atoms with Crippen LogP contribution in [-0.4, -0.2) is 35.9 Å². The number of aromatic nitrogens is 2. The number of nitrogens with zero attached hydrogens (tertiary/aromatic N) is 2. The van der Waals surface area contributed by atoms with E-state index >= 15 is 0 Å². The molecule has 0 aliphatic rings. The number of nitrogens with one attached hydrogen (secondary N) is 1. The van der Waals surface area contributed by atoms with Crippen molar-refractivity contribution in [3.63, 3.8) is 0 Å². The van der Waals surface area contributed by atoms with E-state index in [4.69, 9.17) is 11.6 Å². The van der Waals surface area contributed by atoms with Crippen molar-refractivity contribution in [3.8, 4) is 0 Å². The van der Waals surface area contributed by atoms with Crippen LogP contribution in [0.1, 0.15) is 0 Å². The van der Waals surface area contributed by atoms with Gasteiger partial charge in [-0.2, -0.15) is 13.2 Å². The Morgan fingerprint density at radius 1 is 1.38 bits per heavy atom. The summed E-state index contributed by atoms with van der Waals surface area (Å²) in [5.41, 5.74) is 0. The first-order chi connectivity index (χ1) is 7.47. The maximum atomic E-state index is 11.7. The molecular formula is C8H9ClF3N3O. The molecule has 0 fully saturated rings. The van der Waals surface area contributed by atoms with E-state index in [1.54, 1.807) is 0 Å². The highest BCUT2D eigenvalue weighted by Crippen LogP contribution is 2.14. The van der Waals surface area contributed by atoms with Gasteiger partial charge in [0, 0.05) is 6.54 Å². The molecule has 1 rings (SSSR count). The van der Waals surface area contributed by atoms with Crippen LogP contribution in [0.4, 0.5) is 19.0 Å². The quantitative estimate of drug-likeness (QED) is 0.819. The Balaban J connectivity index is 2.17. The molecule has 1 aromatic heterocycles. The van der Waals surface area contributed by atoms with E-state index in [2.05, 4.69) is 20.0 Å². The van der Waals surface area contributed by atoms with Crippen LogP contribution in [0.25, 0.3) is 0 Å². The normalized spacial score (nSPS) is 11.5. The van der Waals surface area contributed by atoms with Crippen molar-refractivity contribution >= 4 is 17.4 Å². The molecule has 1 aromatic rings. The second kappa shape index (κ2) is 5.86. The lowest BCUT2D eigenvalue weighted by Crippen LogP contribution is -2.20. The topological polar surface area (TPSA) is 47.0 Å². The van der Waals surface area contributed by atoms with Gasteiger partial charge in [0.2, 0.25) is 0 Å². The summed E-state index contributed by atoms with van der Waals surface area (Å²) in [5.74, 6) is 0.392. The van der Waals surface area contributed by atoms with Gasteiger partial charge in [-0.05, 0) is 0 Å². The van der Waals surface area contributed by atoms with Crippen molar-refractivity contribution in [2.24, 2.45) is 0 Å². The Morgan fingerprint density at radius 3 is 2.75 bits per heavy atom. The van der Waals surface area contributed by atoms with Crippen molar-refractivity contribution in [2.75, 3.05) is 25.1 Å². The number of hydrogen-bond acceptors (Lipinski definition) is 4. The van der Waals surface area contributed by atoms with Gasteiger partial charge in [-0.3, -0.25) is 4.98 Å². The third-order valence-electron chi connectivity index (χ3n) is 1.42. The summed E-state index contributed by atoms with van der Waals surface area (Å²) in [6, 6.07) is 0. The van der Waals surface area contributed by atoms with Crippen LogP contribution >= 0.6 is 11.6 Å². The first kappa shape index (κ1) is 13.0. The molecule has 0 saturated heterocycles. The van der Waals surface area contributed by atoms with Crippen molar-refractivity contribution in [2.45, 2.75) is 6.18 Å². The lowest BCUT2D eigenvalue weighted by molar-refractivity contribution is -0.172. The average Bonchev–Trinajstić information content (AvgIpc) is 2.15. The molecule has 8 heteroatoms. The molecule has 0 saturated carbocycles. The van der Waals surface area contributed by atoms with Crippen molar-refractivity contribution < 1.29 is 17.9 Å². The third kappa shape index (κ3) is 5.72. The molecular weight excluding hydrogens is 247 g/mol. The minimum atomic E-state index is -4.30. The molecule has 1 N–H and O–H groups in total. The predicted molar refractivity (Wildman–Crippen MR) is 52.4 cm³/mol. The molecule has 0 aliphatic heterocycles. The van der Waals surface area contributed by atoms with E-state index in [0.717, 1.165) is 0 Å². The van der Waals surface area contributed by atoms with E-state index in [1.807, 2.05) is 0 Å². The highest BCUT2D eigenvalue weighted by atomic mass is 35.5. The lowest BCUT2D eigenvalue weighted by atomic mass is 10.6. The zero-order valence-electron chi connectivity index (χ0n) is 8.09. The van der Waals surface area contributed by atoms with Crippen LogP contribution in [0.3, 0.4) is 0 Å². The smallest absolute Gasteiger partial charge is 0.370 e. The number of rotatable bonds is 5. The van der Waals surface area contributed by atoms with Crippen LogP contribution in [0.15, 0.2) is 12.4 Å². The van der Waals surface area contributed by atoms with Gasteiger partial charge in [-0.25, -0.2) is 4.98 Å². The lowest BCUT2D eigenvalue weighted by Gasteiger charge is -2.08. The van der Waals surface area contributed by atoms with Gasteiger partial charge in [-0.1, -0.05) is 11.6 Å². The van der Waals surface area contributed by atoms with Gasteiger partial charge in [0.15, 0.2) is 0 Å². The Morgan fingerprint density at radius 2 is 2.12 bits per heavy atom. The molecule has 0 amide bonds. The molecule has 0 unspecified atom stereocenters. The Hall–Kier alpha value is -1.08. The SMILES string of the molecule is FC(F)(F)COCCNc1cncc(Cl)n1. The number of halogens is 4. The standard InChI is InChI=1S/C8H9ClF3N3O/c9-6-3-13-4-7(15-6)14-1-2-16-5-8(10,11)12/h3-4H,1-2,5H2,(H,14,15). The van der Waals surface area contributed by atoms with Crippen LogP contribution in [0.2, 0.25) is 5.15 Å². The monoisotopic (exact) mass is 255 g/mol. The highest BCUT2D eigenvalue weighted by molar-refractivity contribution is 6.29. The zero-order chi connectivity index (χ0) is 12.0. The summed E-state index contributed by atoms with van der Waals surface area (Å²) in [7, 11) is 0.